The summed E-state index contributed by atoms with van der Waals surface area (Å²) in [6.07, 6.45) is 1.13. The minimum Gasteiger partial charge on any atom is -0.481 e. The number of benzene rings is 1. The molecule has 100 valence electrons. The van der Waals surface area contributed by atoms with E-state index >= 15 is 0 Å². The molecule has 0 saturated heterocycles. The van der Waals surface area contributed by atoms with Crippen LogP contribution in [0.3, 0.4) is 0 Å². The molecular weight excluding hydrogens is 226 g/mol. The number of rotatable bonds is 7. The van der Waals surface area contributed by atoms with Crippen molar-refractivity contribution in [1.29, 1.82) is 0 Å². The van der Waals surface area contributed by atoms with Gasteiger partial charge in [-0.1, -0.05) is 45.0 Å². The maximum atomic E-state index is 10.9. The lowest BCUT2D eigenvalue weighted by Crippen LogP contribution is -2.24. The lowest BCUT2D eigenvalue weighted by atomic mass is 9.97. The smallest absolute Gasteiger partial charge is 0.305 e. The average Bonchev–Trinajstić information content (AvgIpc) is 2.34. The first kappa shape index (κ1) is 14.7. The Labute approximate surface area is 109 Å². The summed E-state index contributed by atoms with van der Waals surface area (Å²) in [7, 11) is 0. The Kier molecular flexibility index (Phi) is 5.86. The molecule has 0 aliphatic carbocycles. The summed E-state index contributed by atoms with van der Waals surface area (Å²) in [4.78, 5) is 10.9. The maximum Gasteiger partial charge on any atom is 0.305 e. The van der Waals surface area contributed by atoms with E-state index in [0.29, 0.717) is 5.92 Å². The number of carboxylic acid groups (broad SMARTS) is 1. The minimum absolute atomic E-state index is 0.0938. The zero-order valence-corrected chi connectivity index (χ0v) is 11.4. The summed E-state index contributed by atoms with van der Waals surface area (Å²) in [6, 6.07) is 8.14. The van der Waals surface area contributed by atoms with Crippen LogP contribution < -0.4 is 5.32 Å². The number of nitrogens with one attached hydrogen (secondary N) is 1. The van der Waals surface area contributed by atoms with E-state index in [1.54, 1.807) is 0 Å². The van der Waals surface area contributed by atoms with Gasteiger partial charge >= 0.3 is 5.97 Å². The highest BCUT2D eigenvalue weighted by Crippen LogP contribution is 2.21. The Hall–Kier alpha value is -1.35. The molecule has 0 amide bonds. The van der Waals surface area contributed by atoms with Gasteiger partial charge in [-0.25, -0.2) is 0 Å². The summed E-state index contributed by atoms with van der Waals surface area (Å²) >= 11 is 0. The van der Waals surface area contributed by atoms with Gasteiger partial charge in [-0.3, -0.25) is 4.79 Å². The van der Waals surface area contributed by atoms with Gasteiger partial charge in [-0.2, -0.15) is 0 Å². The molecule has 1 atom stereocenters. The summed E-state index contributed by atoms with van der Waals surface area (Å²) in [5.74, 6) is -0.267. The van der Waals surface area contributed by atoms with Crippen molar-refractivity contribution in [3.05, 3.63) is 35.4 Å². The molecule has 0 fully saturated rings. The molecule has 3 nitrogen and oxygen atoms in total. The summed E-state index contributed by atoms with van der Waals surface area (Å²) in [5, 5.41) is 12.2. The van der Waals surface area contributed by atoms with Crippen molar-refractivity contribution in [3.8, 4) is 0 Å². The summed E-state index contributed by atoms with van der Waals surface area (Å²) < 4.78 is 0. The Balaban J connectivity index is 2.80. The number of carbonyl (C=O) groups is 1. The van der Waals surface area contributed by atoms with E-state index in [1.165, 1.54) is 5.56 Å². The van der Waals surface area contributed by atoms with E-state index in [4.69, 9.17) is 5.11 Å². The van der Waals surface area contributed by atoms with Crippen LogP contribution in [-0.4, -0.2) is 17.6 Å². The van der Waals surface area contributed by atoms with Crippen molar-refractivity contribution in [2.45, 2.75) is 45.6 Å². The molecule has 3 heteroatoms. The van der Waals surface area contributed by atoms with Crippen molar-refractivity contribution < 1.29 is 9.90 Å². The standard InChI is InChI=1S/C15H23NO2/c1-4-9-16-14(10-15(17)18)13-7-5-12(6-8-13)11(2)3/h5-8,11,14,16H,4,9-10H2,1-3H3,(H,17,18). The number of carboxylic acids is 1. The molecule has 0 saturated carbocycles. The quantitative estimate of drug-likeness (QED) is 0.779. The normalized spacial score (nSPS) is 12.7. The Morgan fingerprint density at radius 2 is 1.78 bits per heavy atom. The van der Waals surface area contributed by atoms with Crippen LogP contribution in [0.1, 0.15) is 56.7 Å². The molecule has 18 heavy (non-hydrogen) atoms. The number of hydrogen-bond acceptors (Lipinski definition) is 2. The van der Waals surface area contributed by atoms with Gasteiger partial charge < -0.3 is 10.4 Å². The zero-order valence-electron chi connectivity index (χ0n) is 11.4. The molecule has 0 aliphatic heterocycles. The molecule has 1 unspecified atom stereocenters. The second-order valence-electron chi connectivity index (χ2n) is 4.93. The van der Waals surface area contributed by atoms with Crippen LogP contribution in [0.25, 0.3) is 0 Å². The maximum absolute atomic E-state index is 10.9. The fraction of sp³-hybridized carbons (Fsp3) is 0.533. The van der Waals surface area contributed by atoms with Crippen molar-refractivity contribution in [1.82, 2.24) is 5.32 Å². The van der Waals surface area contributed by atoms with Crippen LogP contribution in [-0.2, 0) is 4.79 Å². The van der Waals surface area contributed by atoms with Crippen molar-refractivity contribution in [3.63, 3.8) is 0 Å². The topological polar surface area (TPSA) is 49.3 Å². The first-order chi connectivity index (χ1) is 8.54. The summed E-state index contributed by atoms with van der Waals surface area (Å²) in [6.45, 7) is 7.22. The van der Waals surface area contributed by atoms with Crippen molar-refractivity contribution in [2.24, 2.45) is 0 Å². The SMILES string of the molecule is CCCNC(CC(=O)O)c1ccc(C(C)C)cc1. The van der Waals surface area contributed by atoms with Crippen LogP contribution in [0.5, 0.6) is 0 Å². The third-order valence-corrected chi connectivity index (χ3v) is 3.02. The average molecular weight is 249 g/mol. The Morgan fingerprint density at radius 1 is 1.22 bits per heavy atom. The van der Waals surface area contributed by atoms with Gasteiger partial charge in [0.2, 0.25) is 0 Å². The second-order valence-corrected chi connectivity index (χ2v) is 4.93. The van der Waals surface area contributed by atoms with Crippen LogP contribution in [0, 0.1) is 0 Å². The van der Waals surface area contributed by atoms with Gasteiger partial charge in [0.25, 0.3) is 0 Å². The third kappa shape index (κ3) is 4.49. The number of aliphatic carboxylic acids is 1. The second kappa shape index (κ2) is 7.17. The van der Waals surface area contributed by atoms with Gasteiger partial charge in [0.1, 0.15) is 0 Å². The van der Waals surface area contributed by atoms with Crippen molar-refractivity contribution in [2.75, 3.05) is 6.54 Å². The lowest BCUT2D eigenvalue weighted by molar-refractivity contribution is -0.137. The highest BCUT2D eigenvalue weighted by molar-refractivity contribution is 5.68. The van der Waals surface area contributed by atoms with E-state index in [0.717, 1.165) is 18.5 Å². The molecule has 1 rings (SSSR count). The molecule has 0 aromatic heterocycles. The van der Waals surface area contributed by atoms with E-state index in [2.05, 4.69) is 38.2 Å². The highest BCUT2D eigenvalue weighted by Gasteiger charge is 2.14. The van der Waals surface area contributed by atoms with Crippen LogP contribution >= 0.6 is 0 Å². The van der Waals surface area contributed by atoms with Gasteiger partial charge in [-0.05, 0) is 30.0 Å². The predicted octanol–water partition coefficient (Wildman–Crippen LogP) is 3.33. The minimum atomic E-state index is -0.767. The molecule has 0 radical (unpaired) electrons. The van der Waals surface area contributed by atoms with E-state index in [-0.39, 0.29) is 12.5 Å². The fourth-order valence-electron chi connectivity index (χ4n) is 1.91. The molecule has 0 aliphatic rings. The van der Waals surface area contributed by atoms with Gasteiger partial charge in [0.15, 0.2) is 0 Å². The molecule has 0 spiro atoms. The van der Waals surface area contributed by atoms with Gasteiger partial charge in [0.05, 0.1) is 6.42 Å². The fourth-order valence-corrected chi connectivity index (χ4v) is 1.91. The Morgan fingerprint density at radius 3 is 2.22 bits per heavy atom. The third-order valence-electron chi connectivity index (χ3n) is 3.02. The van der Waals surface area contributed by atoms with Gasteiger partial charge in [0, 0.05) is 6.04 Å². The summed E-state index contributed by atoms with van der Waals surface area (Å²) in [5.41, 5.74) is 2.33. The highest BCUT2D eigenvalue weighted by atomic mass is 16.4. The van der Waals surface area contributed by atoms with Crippen molar-refractivity contribution >= 4 is 5.97 Å². The molecule has 1 aromatic rings. The molecule has 2 N–H and O–H groups in total. The van der Waals surface area contributed by atoms with Crippen LogP contribution in [0.4, 0.5) is 0 Å². The predicted molar refractivity (Wildman–Crippen MR) is 73.8 cm³/mol. The molecular formula is C15H23NO2. The first-order valence-electron chi connectivity index (χ1n) is 6.59. The van der Waals surface area contributed by atoms with E-state index in [1.807, 2.05) is 12.1 Å². The van der Waals surface area contributed by atoms with Crippen LogP contribution in [0.15, 0.2) is 24.3 Å². The van der Waals surface area contributed by atoms with Crippen LogP contribution in [0.2, 0.25) is 0 Å². The van der Waals surface area contributed by atoms with E-state index in [9.17, 15) is 4.79 Å². The first-order valence-corrected chi connectivity index (χ1v) is 6.59. The zero-order chi connectivity index (χ0) is 13.5. The number of hydrogen-bond donors (Lipinski definition) is 2. The van der Waals surface area contributed by atoms with Gasteiger partial charge in [-0.15, -0.1) is 0 Å². The molecule has 1 aromatic carbocycles. The van der Waals surface area contributed by atoms with E-state index < -0.39 is 5.97 Å². The molecule has 0 bridgehead atoms. The monoisotopic (exact) mass is 249 g/mol. The lowest BCUT2D eigenvalue weighted by Gasteiger charge is -2.18. The molecule has 0 heterocycles. The largest absolute Gasteiger partial charge is 0.481 e. The Bertz CT molecular complexity index is 371.